The standard InChI is InChI=1S/C15H28N4O7/c1-8(20)12(17)14(24)18-9(5-6-11(21)22)13(23)19-10(15(25)26)4-2-3-7-16/h8-10,12,20H,2-7,16-17H2,1H3,(H,18,24)(H,19,23)(H,21,22)(H,25,26). The Bertz CT molecular complexity index is 498. The number of nitrogens with one attached hydrogen (secondary N) is 2. The van der Waals surface area contributed by atoms with Crippen molar-refractivity contribution in [1.29, 1.82) is 0 Å². The second-order valence-electron chi connectivity index (χ2n) is 5.94. The second-order valence-corrected chi connectivity index (χ2v) is 5.94. The third kappa shape index (κ3) is 9.30. The monoisotopic (exact) mass is 376 g/mol. The first-order valence-electron chi connectivity index (χ1n) is 8.29. The third-order valence-corrected chi connectivity index (χ3v) is 3.66. The van der Waals surface area contributed by atoms with Crippen LogP contribution in [0.2, 0.25) is 0 Å². The third-order valence-electron chi connectivity index (χ3n) is 3.66. The summed E-state index contributed by atoms with van der Waals surface area (Å²) in [5.41, 5.74) is 10.8. The summed E-state index contributed by atoms with van der Waals surface area (Å²) in [4.78, 5) is 46.2. The molecule has 0 radical (unpaired) electrons. The maximum atomic E-state index is 12.3. The van der Waals surface area contributed by atoms with E-state index in [2.05, 4.69) is 10.6 Å². The average molecular weight is 376 g/mol. The Labute approximate surface area is 151 Å². The second kappa shape index (κ2) is 12.2. The summed E-state index contributed by atoms with van der Waals surface area (Å²) >= 11 is 0. The number of rotatable bonds is 13. The van der Waals surface area contributed by atoms with Gasteiger partial charge >= 0.3 is 11.9 Å². The number of nitrogens with two attached hydrogens (primary N) is 2. The van der Waals surface area contributed by atoms with Gasteiger partial charge in [0.2, 0.25) is 11.8 Å². The van der Waals surface area contributed by atoms with Crippen LogP contribution in [0.5, 0.6) is 0 Å². The van der Waals surface area contributed by atoms with Crippen LogP contribution in [0.25, 0.3) is 0 Å². The van der Waals surface area contributed by atoms with Crippen LogP contribution in [0.4, 0.5) is 0 Å². The highest BCUT2D eigenvalue weighted by Crippen LogP contribution is 2.05. The molecule has 0 saturated carbocycles. The van der Waals surface area contributed by atoms with E-state index in [1.54, 1.807) is 0 Å². The lowest BCUT2D eigenvalue weighted by Gasteiger charge is -2.23. The minimum absolute atomic E-state index is 0.144. The van der Waals surface area contributed by atoms with Crippen molar-refractivity contribution in [3.05, 3.63) is 0 Å². The number of unbranched alkanes of at least 4 members (excludes halogenated alkanes) is 1. The van der Waals surface area contributed by atoms with Crippen LogP contribution in [0.1, 0.15) is 39.0 Å². The first-order chi connectivity index (χ1) is 12.1. The van der Waals surface area contributed by atoms with Gasteiger partial charge in [-0.15, -0.1) is 0 Å². The van der Waals surface area contributed by atoms with Gasteiger partial charge in [-0.3, -0.25) is 14.4 Å². The number of aliphatic hydroxyl groups excluding tert-OH is 1. The average Bonchev–Trinajstić information content (AvgIpc) is 2.56. The van der Waals surface area contributed by atoms with Gasteiger partial charge < -0.3 is 37.4 Å². The summed E-state index contributed by atoms with van der Waals surface area (Å²) in [5, 5.41) is 31.8. The Morgan fingerprint density at radius 3 is 2.00 bits per heavy atom. The first-order valence-corrected chi connectivity index (χ1v) is 8.29. The molecule has 0 aromatic rings. The molecule has 4 atom stereocenters. The van der Waals surface area contributed by atoms with E-state index in [1.807, 2.05) is 0 Å². The molecule has 11 heteroatoms. The molecule has 0 aliphatic carbocycles. The van der Waals surface area contributed by atoms with Gasteiger partial charge in [-0.05, 0) is 39.2 Å². The van der Waals surface area contributed by atoms with Crippen LogP contribution in [0.15, 0.2) is 0 Å². The molecule has 0 aliphatic heterocycles. The van der Waals surface area contributed by atoms with Gasteiger partial charge in [0.25, 0.3) is 0 Å². The topological polar surface area (TPSA) is 205 Å². The summed E-state index contributed by atoms with van der Waals surface area (Å²) in [6.45, 7) is 1.67. The molecule has 0 rings (SSSR count). The summed E-state index contributed by atoms with van der Waals surface area (Å²) < 4.78 is 0. The smallest absolute Gasteiger partial charge is 0.326 e. The zero-order valence-electron chi connectivity index (χ0n) is 14.7. The molecule has 0 fully saturated rings. The number of carbonyl (C=O) groups is 4. The molecule has 26 heavy (non-hydrogen) atoms. The number of carboxylic acid groups (broad SMARTS) is 2. The summed E-state index contributed by atoms with van der Waals surface area (Å²) in [6, 6.07) is -3.79. The fourth-order valence-electron chi connectivity index (χ4n) is 2.05. The Balaban J connectivity index is 5.02. The molecular formula is C15H28N4O7. The largest absolute Gasteiger partial charge is 0.481 e. The van der Waals surface area contributed by atoms with Crippen molar-refractivity contribution in [2.24, 2.45) is 11.5 Å². The molecule has 0 bridgehead atoms. The maximum absolute atomic E-state index is 12.3. The lowest BCUT2D eigenvalue weighted by atomic mass is 10.1. The van der Waals surface area contributed by atoms with E-state index < -0.39 is 54.4 Å². The fourth-order valence-corrected chi connectivity index (χ4v) is 2.05. The normalized spacial score (nSPS) is 15.4. The van der Waals surface area contributed by atoms with Crippen molar-refractivity contribution in [3.8, 4) is 0 Å². The van der Waals surface area contributed by atoms with Gasteiger partial charge in [-0.1, -0.05) is 0 Å². The molecule has 11 nitrogen and oxygen atoms in total. The molecule has 4 unspecified atom stereocenters. The molecule has 0 heterocycles. The fraction of sp³-hybridized carbons (Fsp3) is 0.733. The van der Waals surface area contributed by atoms with Crippen molar-refractivity contribution in [2.45, 2.75) is 63.3 Å². The van der Waals surface area contributed by atoms with Crippen LogP contribution in [0, 0.1) is 0 Å². The highest BCUT2D eigenvalue weighted by atomic mass is 16.4. The number of aliphatic carboxylic acids is 2. The van der Waals surface area contributed by atoms with Crippen molar-refractivity contribution >= 4 is 23.8 Å². The van der Waals surface area contributed by atoms with Crippen molar-refractivity contribution in [2.75, 3.05) is 6.54 Å². The Morgan fingerprint density at radius 1 is 0.962 bits per heavy atom. The lowest BCUT2D eigenvalue weighted by Crippen LogP contribution is -2.56. The van der Waals surface area contributed by atoms with Crippen LogP contribution < -0.4 is 22.1 Å². The molecule has 0 aliphatic rings. The number of hydrogen-bond donors (Lipinski definition) is 7. The Kier molecular flexibility index (Phi) is 11.1. The number of carboxylic acids is 2. The Morgan fingerprint density at radius 2 is 1.54 bits per heavy atom. The molecule has 0 aromatic heterocycles. The predicted molar refractivity (Wildman–Crippen MR) is 90.9 cm³/mol. The molecule has 0 saturated heterocycles. The van der Waals surface area contributed by atoms with E-state index in [0.29, 0.717) is 19.4 Å². The van der Waals surface area contributed by atoms with E-state index in [-0.39, 0.29) is 12.8 Å². The van der Waals surface area contributed by atoms with E-state index in [0.717, 1.165) is 0 Å². The van der Waals surface area contributed by atoms with Crippen LogP contribution >= 0.6 is 0 Å². The SMILES string of the molecule is CC(O)C(N)C(=O)NC(CCC(=O)O)C(=O)NC(CCCCN)C(=O)O. The van der Waals surface area contributed by atoms with Gasteiger partial charge in [0.1, 0.15) is 18.1 Å². The minimum Gasteiger partial charge on any atom is -0.481 e. The number of carbonyl (C=O) groups excluding carboxylic acids is 2. The maximum Gasteiger partial charge on any atom is 0.326 e. The zero-order chi connectivity index (χ0) is 20.3. The van der Waals surface area contributed by atoms with E-state index >= 15 is 0 Å². The predicted octanol–water partition coefficient (Wildman–Crippen LogP) is -2.26. The summed E-state index contributed by atoms with van der Waals surface area (Å²) in [5.74, 6) is -4.12. The molecular weight excluding hydrogens is 348 g/mol. The number of amides is 2. The minimum atomic E-state index is -1.31. The van der Waals surface area contributed by atoms with Crippen LogP contribution in [0.3, 0.4) is 0 Å². The molecule has 9 N–H and O–H groups in total. The van der Waals surface area contributed by atoms with Gasteiger partial charge in [0, 0.05) is 6.42 Å². The van der Waals surface area contributed by atoms with Crippen molar-refractivity contribution in [3.63, 3.8) is 0 Å². The van der Waals surface area contributed by atoms with Crippen molar-refractivity contribution < 1.29 is 34.5 Å². The van der Waals surface area contributed by atoms with Gasteiger partial charge in [0.05, 0.1) is 6.10 Å². The van der Waals surface area contributed by atoms with Gasteiger partial charge in [0.15, 0.2) is 0 Å². The number of hydrogen-bond acceptors (Lipinski definition) is 7. The molecule has 2 amide bonds. The highest BCUT2D eigenvalue weighted by Gasteiger charge is 2.29. The summed E-state index contributed by atoms with van der Waals surface area (Å²) in [6.07, 6.45) is -0.650. The number of aliphatic hydroxyl groups is 1. The van der Waals surface area contributed by atoms with Crippen LogP contribution in [-0.2, 0) is 19.2 Å². The van der Waals surface area contributed by atoms with Crippen molar-refractivity contribution in [1.82, 2.24) is 10.6 Å². The summed E-state index contributed by atoms with van der Waals surface area (Å²) in [7, 11) is 0. The zero-order valence-corrected chi connectivity index (χ0v) is 14.7. The Hall–Kier alpha value is -2.24. The van der Waals surface area contributed by atoms with E-state index in [4.69, 9.17) is 16.6 Å². The molecule has 0 spiro atoms. The van der Waals surface area contributed by atoms with Gasteiger partial charge in [-0.25, -0.2) is 4.79 Å². The van der Waals surface area contributed by atoms with E-state index in [9.17, 15) is 29.4 Å². The lowest BCUT2D eigenvalue weighted by molar-refractivity contribution is -0.143. The van der Waals surface area contributed by atoms with E-state index in [1.165, 1.54) is 6.92 Å². The first kappa shape index (κ1) is 23.8. The quantitative estimate of drug-likeness (QED) is 0.173. The van der Waals surface area contributed by atoms with Gasteiger partial charge in [-0.2, -0.15) is 0 Å². The molecule has 0 aromatic carbocycles. The van der Waals surface area contributed by atoms with Crippen LogP contribution in [-0.4, -0.2) is 69.8 Å². The molecule has 150 valence electrons. The highest BCUT2D eigenvalue weighted by molar-refractivity contribution is 5.92.